The lowest BCUT2D eigenvalue weighted by atomic mass is 10.2. The maximum Gasteiger partial charge on any atom is 0.313 e. The molecule has 1 saturated carbocycles. The van der Waals surface area contributed by atoms with E-state index in [2.05, 4.69) is 10.6 Å². The molecule has 0 spiro atoms. The first-order chi connectivity index (χ1) is 10.1. The summed E-state index contributed by atoms with van der Waals surface area (Å²) in [6, 6.07) is 5.05. The molecule has 0 unspecified atom stereocenters. The van der Waals surface area contributed by atoms with E-state index in [0.717, 1.165) is 25.7 Å². The molecule has 1 aliphatic rings. The maximum absolute atomic E-state index is 11.9. The lowest BCUT2D eigenvalue weighted by molar-refractivity contribution is -0.136. The standard InChI is InChI=1S/C15H20N2O4/c1-20-12-8-7-11(9-13(12)21-2)17-15(19)14(18)16-10-5-3-4-6-10/h7-10H,3-6H2,1-2H3,(H,16,18)(H,17,19). The number of methoxy groups -OCH3 is 2. The number of anilines is 1. The topological polar surface area (TPSA) is 76.7 Å². The molecule has 1 aromatic rings. The van der Waals surface area contributed by atoms with Crippen molar-refractivity contribution in [2.75, 3.05) is 19.5 Å². The van der Waals surface area contributed by atoms with Gasteiger partial charge in [0.25, 0.3) is 0 Å². The molecule has 6 heteroatoms. The van der Waals surface area contributed by atoms with E-state index in [0.29, 0.717) is 17.2 Å². The fourth-order valence-electron chi connectivity index (χ4n) is 2.42. The SMILES string of the molecule is COc1ccc(NC(=O)C(=O)NC2CCCC2)cc1OC. The van der Waals surface area contributed by atoms with Crippen LogP contribution in [-0.4, -0.2) is 32.1 Å². The largest absolute Gasteiger partial charge is 0.493 e. The minimum absolute atomic E-state index is 0.119. The molecule has 0 heterocycles. The van der Waals surface area contributed by atoms with E-state index in [-0.39, 0.29) is 6.04 Å². The number of amides is 2. The molecule has 6 nitrogen and oxygen atoms in total. The first kappa shape index (κ1) is 15.2. The number of hydrogen-bond donors (Lipinski definition) is 2. The molecule has 0 saturated heterocycles. The zero-order chi connectivity index (χ0) is 15.2. The molecule has 2 amide bonds. The van der Waals surface area contributed by atoms with Crippen molar-refractivity contribution >= 4 is 17.5 Å². The first-order valence-corrected chi connectivity index (χ1v) is 6.98. The minimum atomic E-state index is -0.672. The summed E-state index contributed by atoms with van der Waals surface area (Å²) in [7, 11) is 3.04. The van der Waals surface area contributed by atoms with Gasteiger partial charge in [-0.05, 0) is 25.0 Å². The number of benzene rings is 1. The van der Waals surface area contributed by atoms with Crippen LogP contribution < -0.4 is 20.1 Å². The van der Waals surface area contributed by atoms with Crippen LogP contribution in [0.3, 0.4) is 0 Å². The average Bonchev–Trinajstić information content (AvgIpc) is 2.99. The molecule has 1 aromatic carbocycles. The highest BCUT2D eigenvalue weighted by Crippen LogP contribution is 2.29. The van der Waals surface area contributed by atoms with Gasteiger partial charge in [-0.1, -0.05) is 12.8 Å². The number of nitrogens with one attached hydrogen (secondary N) is 2. The van der Waals surface area contributed by atoms with Crippen molar-refractivity contribution in [3.05, 3.63) is 18.2 Å². The molecule has 114 valence electrons. The summed E-state index contributed by atoms with van der Waals surface area (Å²) in [4.78, 5) is 23.7. The molecule has 0 aliphatic heterocycles. The highest BCUT2D eigenvalue weighted by atomic mass is 16.5. The Morgan fingerprint density at radius 2 is 1.71 bits per heavy atom. The smallest absolute Gasteiger partial charge is 0.313 e. The molecule has 2 rings (SSSR count). The summed E-state index contributed by atoms with van der Waals surface area (Å²) in [5.41, 5.74) is 0.485. The number of ether oxygens (including phenoxy) is 2. The van der Waals surface area contributed by atoms with Gasteiger partial charge in [-0.2, -0.15) is 0 Å². The molecule has 1 fully saturated rings. The Labute approximate surface area is 123 Å². The Kier molecular flexibility index (Phi) is 5.03. The van der Waals surface area contributed by atoms with Gasteiger partial charge in [0.05, 0.1) is 14.2 Å². The van der Waals surface area contributed by atoms with Crippen LogP contribution in [0.4, 0.5) is 5.69 Å². The molecule has 21 heavy (non-hydrogen) atoms. The Hall–Kier alpha value is -2.24. The highest BCUT2D eigenvalue weighted by Gasteiger charge is 2.21. The van der Waals surface area contributed by atoms with E-state index in [1.165, 1.54) is 14.2 Å². The zero-order valence-electron chi connectivity index (χ0n) is 12.3. The third kappa shape index (κ3) is 3.87. The van der Waals surface area contributed by atoms with Crippen LogP contribution in [0.25, 0.3) is 0 Å². The van der Waals surface area contributed by atoms with E-state index < -0.39 is 11.8 Å². The van der Waals surface area contributed by atoms with Crippen molar-refractivity contribution in [2.45, 2.75) is 31.7 Å². The first-order valence-electron chi connectivity index (χ1n) is 6.98. The van der Waals surface area contributed by atoms with Gasteiger partial charge in [0.15, 0.2) is 11.5 Å². The fourth-order valence-corrected chi connectivity index (χ4v) is 2.42. The van der Waals surface area contributed by atoms with E-state index in [9.17, 15) is 9.59 Å². The lowest BCUT2D eigenvalue weighted by Crippen LogP contribution is -2.40. The Morgan fingerprint density at radius 1 is 1.05 bits per heavy atom. The maximum atomic E-state index is 11.9. The predicted molar refractivity (Wildman–Crippen MR) is 78.6 cm³/mol. The average molecular weight is 292 g/mol. The van der Waals surface area contributed by atoms with Gasteiger partial charge in [-0.25, -0.2) is 0 Å². The lowest BCUT2D eigenvalue weighted by Gasteiger charge is -2.13. The minimum Gasteiger partial charge on any atom is -0.493 e. The van der Waals surface area contributed by atoms with Crippen LogP contribution in [0.5, 0.6) is 11.5 Å². The van der Waals surface area contributed by atoms with Crippen LogP contribution in [0.15, 0.2) is 18.2 Å². The summed E-state index contributed by atoms with van der Waals surface area (Å²) in [5.74, 6) is -0.219. The number of carbonyl (C=O) groups is 2. The van der Waals surface area contributed by atoms with E-state index in [1.807, 2.05) is 0 Å². The normalized spacial score (nSPS) is 14.6. The molecule has 1 aliphatic carbocycles. The Balaban J connectivity index is 1.96. The second-order valence-electron chi connectivity index (χ2n) is 4.98. The van der Waals surface area contributed by atoms with Gasteiger partial charge in [0.1, 0.15) is 0 Å². The highest BCUT2D eigenvalue weighted by molar-refractivity contribution is 6.39. The van der Waals surface area contributed by atoms with Gasteiger partial charge < -0.3 is 20.1 Å². The predicted octanol–water partition coefficient (Wildman–Crippen LogP) is 1.70. The molecule has 0 atom stereocenters. The van der Waals surface area contributed by atoms with Crippen LogP contribution in [0, 0.1) is 0 Å². The van der Waals surface area contributed by atoms with E-state index in [1.54, 1.807) is 18.2 Å². The molecular weight excluding hydrogens is 272 g/mol. The summed E-state index contributed by atoms with van der Waals surface area (Å²) in [6.07, 6.45) is 4.08. The van der Waals surface area contributed by atoms with Crippen molar-refractivity contribution in [1.82, 2.24) is 5.32 Å². The molecule has 2 N–H and O–H groups in total. The summed E-state index contributed by atoms with van der Waals surface area (Å²) in [5, 5.41) is 5.30. The second-order valence-corrected chi connectivity index (χ2v) is 4.98. The van der Waals surface area contributed by atoms with Gasteiger partial charge in [-0.3, -0.25) is 9.59 Å². The van der Waals surface area contributed by atoms with Crippen LogP contribution in [-0.2, 0) is 9.59 Å². The van der Waals surface area contributed by atoms with Gasteiger partial charge in [0, 0.05) is 17.8 Å². The van der Waals surface area contributed by atoms with Crippen molar-refractivity contribution in [1.29, 1.82) is 0 Å². The van der Waals surface area contributed by atoms with Gasteiger partial charge >= 0.3 is 11.8 Å². The fraction of sp³-hybridized carbons (Fsp3) is 0.467. The summed E-state index contributed by atoms with van der Waals surface area (Å²) < 4.78 is 10.3. The van der Waals surface area contributed by atoms with Crippen molar-refractivity contribution in [2.24, 2.45) is 0 Å². The van der Waals surface area contributed by atoms with Crippen molar-refractivity contribution in [3.8, 4) is 11.5 Å². The van der Waals surface area contributed by atoms with Gasteiger partial charge in [0.2, 0.25) is 0 Å². The quantitative estimate of drug-likeness (QED) is 0.828. The van der Waals surface area contributed by atoms with Crippen molar-refractivity contribution in [3.63, 3.8) is 0 Å². The van der Waals surface area contributed by atoms with Crippen molar-refractivity contribution < 1.29 is 19.1 Å². The van der Waals surface area contributed by atoms with Crippen LogP contribution in [0.1, 0.15) is 25.7 Å². The van der Waals surface area contributed by atoms with Crippen LogP contribution in [0.2, 0.25) is 0 Å². The van der Waals surface area contributed by atoms with Crippen LogP contribution >= 0.6 is 0 Å². The van der Waals surface area contributed by atoms with E-state index in [4.69, 9.17) is 9.47 Å². The zero-order valence-corrected chi connectivity index (χ0v) is 12.3. The number of rotatable bonds is 4. The molecule has 0 radical (unpaired) electrons. The number of carbonyl (C=O) groups excluding carboxylic acids is 2. The summed E-state index contributed by atoms with van der Waals surface area (Å²) >= 11 is 0. The second kappa shape index (κ2) is 6.97. The van der Waals surface area contributed by atoms with Gasteiger partial charge in [-0.15, -0.1) is 0 Å². The Morgan fingerprint density at radius 3 is 2.33 bits per heavy atom. The third-order valence-electron chi connectivity index (χ3n) is 3.54. The van der Waals surface area contributed by atoms with E-state index >= 15 is 0 Å². The number of hydrogen-bond acceptors (Lipinski definition) is 4. The summed E-state index contributed by atoms with van der Waals surface area (Å²) in [6.45, 7) is 0. The Bertz CT molecular complexity index is 524. The molecule has 0 bridgehead atoms. The molecular formula is C15H20N2O4. The third-order valence-corrected chi connectivity index (χ3v) is 3.54. The monoisotopic (exact) mass is 292 g/mol. The molecule has 0 aromatic heterocycles.